The van der Waals surface area contributed by atoms with Gasteiger partial charge in [-0.1, -0.05) is 32.9 Å². The van der Waals surface area contributed by atoms with Crippen LogP contribution in [0, 0.1) is 11.8 Å². The van der Waals surface area contributed by atoms with Gasteiger partial charge in [-0.3, -0.25) is 0 Å². The highest BCUT2D eigenvalue weighted by Crippen LogP contribution is 2.10. The molecule has 0 saturated carbocycles. The molecule has 1 heteroatoms. The van der Waals surface area contributed by atoms with Crippen LogP contribution in [0.4, 0.5) is 0 Å². The second-order valence-electron chi connectivity index (χ2n) is 3.85. The van der Waals surface area contributed by atoms with Crippen LogP contribution in [0.3, 0.4) is 0 Å². The highest BCUT2D eigenvalue weighted by molar-refractivity contribution is 4.84. The van der Waals surface area contributed by atoms with Gasteiger partial charge in [0.05, 0.1) is 6.61 Å². The van der Waals surface area contributed by atoms with Crippen LogP contribution in [0.25, 0.3) is 0 Å². The zero-order chi connectivity index (χ0) is 9.40. The van der Waals surface area contributed by atoms with E-state index in [1.54, 1.807) is 0 Å². The van der Waals surface area contributed by atoms with Gasteiger partial charge in [0.2, 0.25) is 0 Å². The summed E-state index contributed by atoms with van der Waals surface area (Å²) in [4.78, 5) is 0. The second kappa shape index (κ2) is 7.35. The first kappa shape index (κ1) is 11.7. The maximum atomic E-state index is 10.3. The number of rotatable bonds is 6. The fourth-order valence-electron chi connectivity index (χ4n) is 1.09. The van der Waals surface area contributed by atoms with E-state index in [0.717, 1.165) is 19.3 Å². The normalized spacial score (nSPS) is 14.4. The standard InChI is InChI=1S/C11H21O/c1-10(2)6-4-5-7-11(3)8-9-12/h4,6,10-11H,5,7-9H2,1-3H3. The molecule has 0 heterocycles. The Morgan fingerprint density at radius 2 is 1.83 bits per heavy atom. The maximum absolute atomic E-state index is 10.3. The first-order valence-corrected chi connectivity index (χ1v) is 4.91. The Hall–Kier alpha value is -0.300. The Kier molecular flexibility index (Phi) is 7.17. The van der Waals surface area contributed by atoms with Crippen molar-refractivity contribution in [1.82, 2.24) is 0 Å². The molecule has 0 aromatic carbocycles. The first-order chi connectivity index (χ1) is 5.66. The molecule has 0 aromatic heterocycles. The van der Waals surface area contributed by atoms with Crippen LogP contribution in [0.1, 0.15) is 40.0 Å². The van der Waals surface area contributed by atoms with Gasteiger partial charge in [0.15, 0.2) is 0 Å². The Morgan fingerprint density at radius 1 is 1.17 bits per heavy atom. The fraction of sp³-hybridized carbons (Fsp3) is 0.818. The van der Waals surface area contributed by atoms with E-state index >= 15 is 0 Å². The van der Waals surface area contributed by atoms with Gasteiger partial charge in [0.1, 0.15) is 0 Å². The second-order valence-corrected chi connectivity index (χ2v) is 3.85. The van der Waals surface area contributed by atoms with Crippen molar-refractivity contribution in [2.24, 2.45) is 11.8 Å². The molecule has 12 heavy (non-hydrogen) atoms. The minimum Gasteiger partial charge on any atom is -0.237 e. The van der Waals surface area contributed by atoms with Gasteiger partial charge in [-0.05, 0) is 31.1 Å². The molecule has 0 aliphatic heterocycles. The molecule has 1 radical (unpaired) electrons. The quantitative estimate of drug-likeness (QED) is 0.543. The minimum absolute atomic E-state index is 0.0784. The Balaban J connectivity index is 3.30. The van der Waals surface area contributed by atoms with Crippen LogP contribution in [-0.2, 0) is 5.11 Å². The molecule has 0 fully saturated rings. The molecule has 0 bridgehead atoms. The van der Waals surface area contributed by atoms with Crippen molar-refractivity contribution >= 4 is 0 Å². The average Bonchev–Trinajstić information content (AvgIpc) is 1.98. The minimum atomic E-state index is 0.0784. The molecule has 0 N–H and O–H groups in total. The molecule has 0 aliphatic rings. The van der Waals surface area contributed by atoms with E-state index in [0.29, 0.717) is 11.8 Å². The van der Waals surface area contributed by atoms with E-state index in [1.807, 2.05) is 0 Å². The molecule has 0 aliphatic carbocycles. The van der Waals surface area contributed by atoms with Gasteiger partial charge in [-0.2, -0.15) is 0 Å². The summed E-state index contributed by atoms with van der Waals surface area (Å²) in [6.07, 6.45) is 7.57. The third kappa shape index (κ3) is 7.80. The molecule has 0 saturated heterocycles. The van der Waals surface area contributed by atoms with Crippen molar-refractivity contribution in [2.45, 2.75) is 40.0 Å². The van der Waals surface area contributed by atoms with E-state index in [-0.39, 0.29) is 6.61 Å². The zero-order valence-corrected chi connectivity index (χ0v) is 8.55. The van der Waals surface area contributed by atoms with Crippen molar-refractivity contribution in [3.63, 3.8) is 0 Å². The van der Waals surface area contributed by atoms with Crippen LogP contribution in [0.15, 0.2) is 12.2 Å². The Morgan fingerprint density at radius 3 is 2.33 bits per heavy atom. The summed E-state index contributed by atoms with van der Waals surface area (Å²) in [6.45, 7) is 6.59. The zero-order valence-electron chi connectivity index (χ0n) is 8.55. The molecule has 0 spiro atoms. The molecular formula is C11H21O. The summed E-state index contributed by atoms with van der Waals surface area (Å²) in [5.74, 6) is 1.25. The summed E-state index contributed by atoms with van der Waals surface area (Å²) < 4.78 is 0. The van der Waals surface area contributed by atoms with Crippen molar-refractivity contribution in [2.75, 3.05) is 6.61 Å². The third-order valence-electron chi connectivity index (χ3n) is 1.96. The average molecular weight is 169 g/mol. The summed E-state index contributed by atoms with van der Waals surface area (Å²) in [6, 6.07) is 0. The van der Waals surface area contributed by atoms with Crippen LogP contribution >= 0.6 is 0 Å². The van der Waals surface area contributed by atoms with Gasteiger partial charge in [-0.25, -0.2) is 5.11 Å². The van der Waals surface area contributed by atoms with Crippen LogP contribution < -0.4 is 0 Å². The van der Waals surface area contributed by atoms with Gasteiger partial charge in [0, 0.05) is 0 Å². The molecule has 0 amide bonds. The summed E-state index contributed by atoms with van der Waals surface area (Å²) in [5.41, 5.74) is 0. The smallest absolute Gasteiger partial charge is 0.0824 e. The van der Waals surface area contributed by atoms with E-state index < -0.39 is 0 Å². The maximum Gasteiger partial charge on any atom is 0.0824 e. The molecule has 0 aromatic rings. The van der Waals surface area contributed by atoms with Gasteiger partial charge >= 0.3 is 0 Å². The molecule has 71 valence electrons. The van der Waals surface area contributed by atoms with Crippen molar-refractivity contribution < 1.29 is 5.11 Å². The predicted molar refractivity (Wildman–Crippen MR) is 52.5 cm³/mol. The fourth-order valence-corrected chi connectivity index (χ4v) is 1.09. The van der Waals surface area contributed by atoms with Crippen LogP contribution in [-0.4, -0.2) is 6.61 Å². The first-order valence-electron chi connectivity index (χ1n) is 4.91. The van der Waals surface area contributed by atoms with E-state index in [9.17, 15) is 5.11 Å². The monoisotopic (exact) mass is 169 g/mol. The van der Waals surface area contributed by atoms with Crippen LogP contribution in [0.5, 0.6) is 0 Å². The van der Waals surface area contributed by atoms with Gasteiger partial charge in [-0.15, -0.1) is 0 Å². The van der Waals surface area contributed by atoms with Gasteiger partial charge < -0.3 is 0 Å². The number of allylic oxidation sites excluding steroid dienone is 2. The van der Waals surface area contributed by atoms with Gasteiger partial charge in [0.25, 0.3) is 0 Å². The number of hydrogen-bond donors (Lipinski definition) is 0. The predicted octanol–water partition coefficient (Wildman–Crippen LogP) is 3.44. The lowest BCUT2D eigenvalue weighted by molar-refractivity contribution is 0.171. The van der Waals surface area contributed by atoms with Crippen molar-refractivity contribution in [3.05, 3.63) is 12.2 Å². The van der Waals surface area contributed by atoms with E-state index in [2.05, 4.69) is 32.9 Å². The molecule has 1 nitrogen and oxygen atoms in total. The lowest BCUT2D eigenvalue weighted by atomic mass is 10.0. The topological polar surface area (TPSA) is 19.9 Å². The Labute approximate surface area is 76.5 Å². The molecule has 0 rings (SSSR count). The lowest BCUT2D eigenvalue weighted by Crippen LogP contribution is -1.96. The van der Waals surface area contributed by atoms with Crippen molar-refractivity contribution in [1.29, 1.82) is 0 Å². The highest BCUT2D eigenvalue weighted by Gasteiger charge is 1.98. The SMILES string of the molecule is CC(C)C=CCCC(C)CC[O]. The lowest BCUT2D eigenvalue weighted by Gasteiger charge is -2.05. The third-order valence-corrected chi connectivity index (χ3v) is 1.96. The molecule has 1 atom stereocenters. The van der Waals surface area contributed by atoms with E-state index in [4.69, 9.17) is 0 Å². The van der Waals surface area contributed by atoms with E-state index in [1.165, 1.54) is 0 Å². The molecular weight excluding hydrogens is 148 g/mol. The molecule has 1 unspecified atom stereocenters. The largest absolute Gasteiger partial charge is 0.237 e. The Bertz CT molecular complexity index is 116. The highest BCUT2D eigenvalue weighted by atomic mass is 16.2. The number of hydrogen-bond acceptors (Lipinski definition) is 0. The van der Waals surface area contributed by atoms with Crippen molar-refractivity contribution in [3.8, 4) is 0 Å². The summed E-state index contributed by atoms with van der Waals surface area (Å²) in [5, 5.41) is 10.3. The summed E-state index contributed by atoms with van der Waals surface area (Å²) >= 11 is 0. The van der Waals surface area contributed by atoms with Crippen LogP contribution in [0.2, 0.25) is 0 Å². The summed E-state index contributed by atoms with van der Waals surface area (Å²) in [7, 11) is 0.